The number of para-hydroxylation sites is 2. The number of hydrogen-bond acceptors (Lipinski definition) is 3. The fraction of sp³-hybridized carbons (Fsp3) is 0.381. The second-order valence-corrected chi connectivity index (χ2v) is 6.97. The highest BCUT2D eigenvalue weighted by Gasteiger charge is 2.24. The maximum atomic E-state index is 12.6. The molecule has 1 aliphatic heterocycles. The monoisotopic (exact) mass is 387 g/mol. The second kappa shape index (κ2) is 9.00. The number of urea groups is 1. The van der Waals surface area contributed by atoms with Crippen LogP contribution in [0, 0.1) is 0 Å². The lowest BCUT2D eigenvalue weighted by Crippen LogP contribution is -2.52. The van der Waals surface area contributed by atoms with Gasteiger partial charge in [-0.3, -0.25) is 0 Å². The number of benzene rings is 2. The van der Waals surface area contributed by atoms with Gasteiger partial charge in [0.05, 0.1) is 18.3 Å². The van der Waals surface area contributed by atoms with E-state index in [4.69, 9.17) is 16.3 Å². The van der Waals surface area contributed by atoms with Crippen LogP contribution in [0.25, 0.3) is 0 Å². The van der Waals surface area contributed by atoms with Crippen molar-refractivity contribution >= 4 is 23.3 Å². The summed E-state index contributed by atoms with van der Waals surface area (Å²) >= 11 is 6.23. The average Bonchev–Trinajstić information content (AvgIpc) is 2.69. The lowest BCUT2D eigenvalue weighted by molar-refractivity contribution is 0.191. The predicted molar refractivity (Wildman–Crippen MR) is 110 cm³/mol. The normalized spacial score (nSPS) is 15.4. The molecule has 0 aromatic heterocycles. The molecule has 1 unspecified atom stereocenters. The van der Waals surface area contributed by atoms with Crippen LogP contribution < -0.4 is 15.0 Å². The SMILES string of the molecule is CCOc1ccccc1N1CCN(C(=O)NC(C)c2ccccc2Cl)CC1. The van der Waals surface area contributed by atoms with Crippen LogP contribution in [0.3, 0.4) is 0 Å². The number of amides is 2. The van der Waals surface area contributed by atoms with Gasteiger partial charge in [0.25, 0.3) is 0 Å². The van der Waals surface area contributed by atoms with Gasteiger partial charge in [-0.15, -0.1) is 0 Å². The van der Waals surface area contributed by atoms with Crippen LogP contribution in [-0.2, 0) is 0 Å². The summed E-state index contributed by atoms with van der Waals surface area (Å²) in [6.07, 6.45) is 0. The Balaban J connectivity index is 1.58. The highest BCUT2D eigenvalue weighted by atomic mass is 35.5. The molecule has 1 heterocycles. The number of anilines is 1. The molecule has 0 bridgehead atoms. The fourth-order valence-corrected chi connectivity index (χ4v) is 3.63. The zero-order chi connectivity index (χ0) is 19.2. The first-order valence-corrected chi connectivity index (χ1v) is 9.74. The maximum Gasteiger partial charge on any atom is 0.317 e. The van der Waals surface area contributed by atoms with Crippen molar-refractivity contribution in [1.29, 1.82) is 0 Å². The highest BCUT2D eigenvalue weighted by Crippen LogP contribution is 2.29. The number of hydrogen-bond donors (Lipinski definition) is 1. The topological polar surface area (TPSA) is 44.8 Å². The van der Waals surface area contributed by atoms with Crippen LogP contribution in [0.1, 0.15) is 25.5 Å². The number of nitrogens with one attached hydrogen (secondary N) is 1. The fourth-order valence-electron chi connectivity index (χ4n) is 3.33. The summed E-state index contributed by atoms with van der Waals surface area (Å²) in [5.74, 6) is 0.894. The Hall–Kier alpha value is -2.40. The first-order chi connectivity index (χ1) is 13.1. The molecule has 144 valence electrons. The first-order valence-electron chi connectivity index (χ1n) is 9.36. The van der Waals surface area contributed by atoms with Crippen molar-refractivity contribution < 1.29 is 9.53 Å². The molecular formula is C21H26ClN3O2. The smallest absolute Gasteiger partial charge is 0.317 e. The zero-order valence-corrected chi connectivity index (χ0v) is 16.6. The van der Waals surface area contributed by atoms with Gasteiger partial charge in [-0.2, -0.15) is 0 Å². The summed E-state index contributed by atoms with van der Waals surface area (Å²) in [6.45, 7) is 7.46. The molecule has 0 radical (unpaired) electrons. The van der Waals surface area contributed by atoms with E-state index in [2.05, 4.69) is 16.3 Å². The number of carbonyl (C=O) groups is 1. The van der Waals surface area contributed by atoms with Crippen LogP contribution in [0.15, 0.2) is 48.5 Å². The Morgan fingerprint density at radius 2 is 1.78 bits per heavy atom. The van der Waals surface area contributed by atoms with Crippen molar-refractivity contribution in [1.82, 2.24) is 10.2 Å². The molecule has 1 saturated heterocycles. The summed E-state index contributed by atoms with van der Waals surface area (Å²) in [6, 6.07) is 15.5. The minimum absolute atomic E-state index is 0.0554. The summed E-state index contributed by atoms with van der Waals surface area (Å²) in [4.78, 5) is 16.8. The number of ether oxygens (including phenoxy) is 1. The maximum absolute atomic E-state index is 12.6. The molecule has 6 heteroatoms. The quantitative estimate of drug-likeness (QED) is 0.830. The number of piperazine rings is 1. The Morgan fingerprint density at radius 3 is 2.48 bits per heavy atom. The lowest BCUT2D eigenvalue weighted by atomic mass is 10.1. The molecule has 0 saturated carbocycles. The Morgan fingerprint density at radius 1 is 1.11 bits per heavy atom. The Bertz CT molecular complexity index is 776. The molecule has 1 aliphatic rings. The molecule has 0 spiro atoms. The van der Waals surface area contributed by atoms with E-state index in [0.717, 1.165) is 30.1 Å². The molecule has 2 amide bonds. The van der Waals surface area contributed by atoms with Gasteiger partial charge in [0.1, 0.15) is 5.75 Å². The van der Waals surface area contributed by atoms with E-state index < -0.39 is 0 Å². The van der Waals surface area contributed by atoms with Gasteiger partial charge >= 0.3 is 6.03 Å². The summed E-state index contributed by atoms with van der Waals surface area (Å²) in [5.41, 5.74) is 2.01. The van der Waals surface area contributed by atoms with Crippen LogP contribution in [0.5, 0.6) is 5.75 Å². The molecule has 1 fully saturated rings. The number of nitrogens with zero attached hydrogens (tertiary/aromatic N) is 2. The minimum atomic E-state index is -0.136. The third kappa shape index (κ3) is 4.66. The van der Waals surface area contributed by atoms with Gasteiger partial charge < -0.3 is 19.9 Å². The third-order valence-electron chi connectivity index (χ3n) is 4.78. The van der Waals surface area contributed by atoms with Crippen molar-refractivity contribution in [2.75, 3.05) is 37.7 Å². The third-order valence-corrected chi connectivity index (χ3v) is 5.13. The molecule has 2 aromatic rings. The van der Waals surface area contributed by atoms with E-state index in [9.17, 15) is 4.79 Å². The van der Waals surface area contributed by atoms with Crippen molar-refractivity contribution in [3.8, 4) is 5.75 Å². The number of halogens is 1. The largest absolute Gasteiger partial charge is 0.492 e. The first kappa shape index (κ1) is 19.4. The van der Waals surface area contributed by atoms with E-state index in [1.54, 1.807) is 0 Å². The van der Waals surface area contributed by atoms with Crippen LogP contribution >= 0.6 is 11.6 Å². The summed E-state index contributed by atoms with van der Waals surface area (Å²) < 4.78 is 5.73. The second-order valence-electron chi connectivity index (χ2n) is 6.57. The molecule has 1 N–H and O–H groups in total. The van der Waals surface area contributed by atoms with Crippen molar-refractivity contribution in [2.24, 2.45) is 0 Å². The van der Waals surface area contributed by atoms with E-state index in [1.165, 1.54) is 0 Å². The molecule has 2 aromatic carbocycles. The summed E-state index contributed by atoms with van der Waals surface area (Å²) in [7, 11) is 0. The van der Waals surface area contributed by atoms with Gasteiger partial charge in [-0.05, 0) is 37.6 Å². The van der Waals surface area contributed by atoms with Crippen molar-refractivity contribution in [2.45, 2.75) is 19.9 Å². The Labute approximate surface area is 165 Å². The van der Waals surface area contributed by atoms with Gasteiger partial charge in [0.15, 0.2) is 0 Å². The highest BCUT2D eigenvalue weighted by molar-refractivity contribution is 6.31. The van der Waals surface area contributed by atoms with E-state index >= 15 is 0 Å². The van der Waals surface area contributed by atoms with Crippen LogP contribution in [0.2, 0.25) is 5.02 Å². The zero-order valence-electron chi connectivity index (χ0n) is 15.8. The number of rotatable bonds is 5. The van der Waals surface area contributed by atoms with Gasteiger partial charge in [-0.25, -0.2) is 4.79 Å². The lowest BCUT2D eigenvalue weighted by Gasteiger charge is -2.37. The predicted octanol–water partition coefficient (Wildman–Crippen LogP) is 4.33. The van der Waals surface area contributed by atoms with Crippen LogP contribution in [-0.4, -0.2) is 43.7 Å². The van der Waals surface area contributed by atoms with Gasteiger partial charge in [-0.1, -0.05) is 41.9 Å². The van der Waals surface area contributed by atoms with Crippen molar-refractivity contribution in [3.05, 3.63) is 59.1 Å². The average molecular weight is 388 g/mol. The molecule has 3 rings (SSSR count). The standard InChI is InChI=1S/C21H26ClN3O2/c1-3-27-20-11-7-6-10-19(20)24-12-14-25(15-13-24)21(26)23-16(2)17-8-4-5-9-18(17)22/h4-11,16H,3,12-15H2,1-2H3,(H,23,26). The molecular weight excluding hydrogens is 362 g/mol. The van der Waals surface area contributed by atoms with Crippen LogP contribution in [0.4, 0.5) is 10.5 Å². The van der Waals surface area contributed by atoms with E-state index in [-0.39, 0.29) is 12.1 Å². The van der Waals surface area contributed by atoms with E-state index in [1.807, 2.05) is 61.2 Å². The molecule has 5 nitrogen and oxygen atoms in total. The van der Waals surface area contributed by atoms with E-state index in [0.29, 0.717) is 24.7 Å². The molecule has 27 heavy (non-hydrogen) atoms. The Kier molecular flexibility index (Phi) is 6.45. The molecule has 1 atom stereocenters. The minimum Gasteiger partial charge on any atom is -0.492 e. The number of carbonyl (C=O) groups excluding carboxylic acids is 1. The van der Waals surface area contributed by atoms with Gasteiger partial charge in [0.2, 0.25) is 0 Å². The molecule has 0 aliphatic carbocycles. The van der Waals surface area contributed by atoms with Crippen molar-refractivity contribution in [3.63, 3.8) is 0 Å². The summed E-state index contributed by atoms with van der Waals surface area (Å²) in [5, 5.41) is 3.72. The van der Waals surface area contributed by atoms with Gasteiger partial charge in [0, 0.05) is 31.2 Å².